The van der Waals surface area contributed by atoms with E-state index in [1.165, 1.54) is 0 Å². The molecule has 10 heteroatoms. The van der Waals surface area contributed by atoms with Crippen molar-refractivity contribution in [2.24, 2.45) is 0 Å². The summed E-state index contributed by atoms with van der Waals surface area (Å²) >= 11 is 1.59. The maximum atomic E-state index is 12.1. The van der Waals surface area contributed by atoms with Gasteiger partial charge in [0.1, 0.15) is 12.1 Å². The van der Waals surface area contributed by atoms with E-state index in [9.17, 15) is 24.3 Å². The van der Waals surface area contributed by atoms with Crippen LogP contribution in [0.3, 0.4) is 0 Å². The third-order valence-corrected chi connectivity index (χ3v) is 4.75. The van der Waals surface area contributed by atoms with Crippen molar-refractivity contribution in [1.82, 2.24) is 10.6 Å². The Hall–Kier alpha value is -2.59. The Bertz CT molecular complexity index is 669. The summed E-state index contributed by atoms with van der Waals surface area (Å²) in [4.78, 5) is 46.8. The number of hydrogen-bond acceptors (Lipinski definition) is 6. The van der Waals surface area contributed by atoms with Crippen LogP contribution in [0.2, 0.25) is 0 Å². The van der Waals surface area contributed by atoms with Gasteiger partial charge in [-0.15, -0.1) is 11.8 Å². The van der Waals surface area contributed by atoms with Gasteiger partial charge in [0.2, 0.25) is 11.8 Å². The number of hydrogen-bond donors (Lipinski definition) is 5. The van der Waals surface area contributed by atoms with E-state index in [4.69, 9.17) is 10.2 Å². The van der Waals surface area contributed by atoms with Gasteiger partial charge in [-0.2, -0.15) is 0 Å². The van der Waals surface area contributed by atoms with Crippen molar-refractivity contribution in [3.8, 4) is 0 Å². The zero-order valence-electron chi connectivity index (χ0n) is 15.2. The lowest BCUT2D eigenvalue weighted by Crippen LogP contribution is -2.53. The lowest BCUT2D eigenvalue weighted by atomic mass is 10.1. The lowest BCUT2D eigenvalue weighted by Gasteiger charge is -2.19. The van der Waals surface area contributed by atoms with E-state index in [2.05, 4.69) is 10.6 Å². The van der Waals surface area contributed by atoms with E-state index in [1.54, 1.807) is 11.8 Å². The lowest BCUT2D eigenvalue weighted by molar-refractivity contribution is -0.143. The second-order valence-electron chi connectivity index (χ2n) is 5.90. The van der Waals surface area contributed by atoms with Crippen molar-refractivity contribution in [3.63, 3.8) is 0 Å². The molecule has 0 aromatic heterocycles. The molecule has 0 fully saturated rings. The molecular weight excluding hydrogens is 388 g/mol. The molecule has 1 rings (SSSR count). The second-order valence-corrected chi connectivity index (χ2v) is 7.07. The highest BCUT2D eigenvalue weighted by Gasteiger charge is 2.26. The number of aliphatic hydroxyl groups excluding tert-OH is 1. The number of carbonyl (C=O) groups excluding carboxylic acids is 2. The first-order chi connectivity index (χ1) is 13.3. The number of aliphatic hydroxyl groups is 1. The van der Waals surface area contributed by atoms with E-state index in [-0.39, 0.29) is 12.8 Å². The number of carboxylic acid groups (broad SMARTS) is 2. The summed E-state index contributed by atoms with van der Waals surface area (Å²) in [5.41, 5.74) is 0. The average Bonchev–Trinajstić information content (AvgIpc) is 2.66. The smallest absolute Gasteiger partial charge is 0.326 e. The standard InChI is InChI=1S/C18H24N2O7S/c21-11-14(17(25)20-13(18(26)27)8-9-16(23)24)19-15(22)7-4-10-28-12-5-2-1-3-6-12/h1-3,5-6,13-14,21H,4,7-11H2,(H,19,22)(H,20,25)(H,23,24)(H,26,27)/t13-,14-/m0/s1. The topological polar surface area (TPSA) is 153 Å². The number of nitrogens with one attached hydrogen (secondary N) is 2. The van der Waals surface area contributed by atoms with E-state index in [0.29, 0.717) is 12.2 Å². The maximum absolute atomic E-state index is 12.1. The van der Waals surface area contributed by atoms with Gasteiger partial charge in [-0.1, -0.05) is 18.2 Å². The van der Waals surface area contributed by atoms with Crippen molar-refractivity contribution in [3.05, 3.63) is 30.3 Å². The molecule has 0 radical (unpaired) electrons. The number of amides is 2. The fourth-order valence-corrected chi connectivity index (χ4v) is 3.07. The zero-order valence-corrected chi connectivity index (χ0v) is 16.0. The summed E-state index contributed by atoms with van der Waals surface area (Å²) < 4.78 is 0. The third kappa shape index (κ3) is 9.38. The first kappa shape index (κ1) is 23.4. The highest BCUT2D eigenvalue weighted by molar-refractivity contribution is 7.99. The molecule has 5 N–H and O–H groups in total. The Morgan fingerprint density at radius 1 is 0.964 bits per heavy atom. The molecule has 0 bridgehead atoms. The fourth-order valence-electron chi connectivity index (χ4n) is 2.20. The van der Waals surface area contributed by atoms with E-state index in [0.717, 1.165) is 4.90 Å². The van der Waals surface area contributed by atoms with Gasteiger partial charge in [-0.25, -0.2) is 4.79 Å². The largest absolute Gasteiger partial charge is 0.481 e. The number of benzene rings is 1. The molecule has 0 aliphatic rings. The van der Waals surface area contributed by atoms with Crippen molar-refractivity contribution in [2.45, 2.75) is 42.7 Å². The molecule has 28 heavy (non-hydrogen) atoms. The highest BCUT2D eigenvalue weighted by Crippen LogP contribution is 2.18. The van der Waals surface area contributed by atoms with Gasteiger partial charge in [0, 0.05) is 17.7 Å². The maximum Gasteiger partial charge on any atom is 0.326 e. The normalized spacial score (nSPS) is 12.6. The van der Waals surface area contributed by atoms with E-state index < -0.39 is 48.9 Å². The molecule has 1 aromatic rings. The molecule has 2 atom stereocenters. The van der Waals surface area contributed by atoms with Gasteiger partial charge in [-0.05, 0) is 30.7 Å². The predicted octanol–water partition coefficient (Wildman–Crippen LogP) is 0.470. The molecular formula is C18H24N2O7S. The van der Waals surface area contributed by atoms with Crippen LogP contribution in [-0.2, 0) is 19.2 Å². The molecule has 0 aliphatic heterocycles. The minimum Gasteiger partial charge on any atom is -0.481 e. The highest BCUT2D eigenvalue weighted by atomic mass is 32.2. The number of carbonyl (C=O) groups is 4. The third-order valence-electron chi connectivity index (χ3n) is 3.66. The monoisotopic (exact) mass is 412 g/mol. The summed E-state index contributed by atoms with van der Waals surface area (Å²) in [5, 5.41) is 31.5. The van der Waals surface area contributed by atoms with Gasteiger partial charge < -0.3 is 26.0 Å². The Labute approximate surface area is 166 Å². The van der Waals surface area contributed by atoms with Crippen LogP contribution in [0.4, 0.5) is 0 Å². The van der Waals surface area contributed by atoms with Crippen LogP contribution in [0.15, 0.2) is 35.2 Å². The van der Waals surface area contributed by atoms with Crippen LogP contribution in [0.25, 0.3) is 0 Å². The Morgan fingerprint density at radius 3 is 2.21 bits per heavy atom. The summed E-state index contributed by atoms with van der Waals surface area (Å²) in [6.07, 6.45) is -0.0435. The Morgan fingerprint density at radius 2 is 1.64 bits per heavy atom. The second kappa shape index (κ2) is 12.7. The quantitative estimate of drug-likeness (QED) is 0.231. The van der Waals surface area contributed by atoms with Crippen molar-refractivity contribution in [2.75, 3.05) is 12.4 Å². The number of thioether (sulfide) groups is 1. The van der Waals surface area contributed by atoms with Gasteiger partial charge in [-0.3, -0.25) is 14.4 Å². The predicted molar refractivity (Wildman–Crippen MR) is 102 cm³/mol. The first-order valence-electron chi connectivity index (χ1n) is 8.66. The van der Waals surface area contributed by atoms with Crippen molar-refractivity contribution < 1.29 is 34.5 Å². The Balaban J connectivity index is 2.41. The van der Waals surface area contributed by atoms with Crippen LogP contribution in [0, 0.1) is 0 Å². The number of rotatable bonds is 13. The van der Waals surface area contributed by atoms with Crippen molar-refractivity contribution >= 4 is 35.5 Å². The SMILES string of the molecule is O=C(O)CC[C@H](NC(=O)[C@H](CO)NC(=O)CCCSc1ccccc1)C(=O)O. The van der Waals surface area contributed by atoms with Crippen LogP contribution in [0.1, 0.15) is 25.7 Å². The van der Waals surface area contributed by atoms with Crippen LogP contribution >= 0.6 is 11.8 Å². The van der Waals surface area contributed by atoms with Crippen LogP contribution < -0.4 is 10.6 Å². The molecule has 154 valence electrons. The summed E-state index contributed by atoms with van der Waals surface area (Å²) in [5.74, 6) is -3.21. The van der Waals surface area contributed by atoms with E-state index in [1.807, 2.05) is 30.3 Å². The molecule has 0 heterocycles. The number of carboxylic acids is 2. The molecule has 0 spiro atoms. The van der Waals surface area contributed by atoms with Gasteiger partial charge in [0.15, 0.2) is 0 Å². The summed E-state index contributed by atoms with van der Waals surface area (Å²) in [6.45, 7) is -0.707. The molecule has 2 amide bonds. The first-order valence-corrected chi connectivity index (χ1v) is 9.65. The van der Waals surface area contributed by atoms with Gasteiger partial charge >= 0.3 is 11.9 Å². The Kier molecular flexibility index (Phi) is 10.7. The average molecular weight is 412 g/mol. The van der Waals surface area contributed by atoms with Crippen LogP contribution in [0.5, 0.6) is 0 Å². The summed E-state index contributed by atoms with van der Waals surface area (Å²) in [6, 6.07) is 6.94. The molecule has 0 saturated heterocycles. The minimum atomic E-state index is -1.42. The molecule has 1 aromatic carbocycles. The number of aliphatic carboxylic acids is 2. The zero-order chi connectivity index (χ0) is 20.9. The van der Waals surface area contributed by atoms with E-state index >= 15 is 0 Å². The van der Waals surface area contributed by atoms with Gasteiger partial charge in [0.25, 0.3) is 0 Å². The van der Waals surface area contributed by atoms with Crippen molar-refractivity contribution in [1.29, 1.82) is 0 Å². The summed E-state index contributed by atoms with van der Waals surface area (Å²) in [7, 11) is 0. The van der Waals surface area contributed by atoms with Crippen LogP contribution in [-0.4, -0.2) is 63.5 Å². The molecule has 0 saturated carbocycles. The molecule has 0 unspecified atom stereocenters. The molecule has 9 nitrogen and oxygen atoms in total. The minimum absolute atomic E-state index is 0.144. The molecule has 0 aliphatic carbocycles. The fraction of sp³-hybridized carbons (Fsp3) is 0.444. The van der Waals surface area contributed by atoms with Gasteiger partial charge in [0.05, 0.1) is 6.61 Å².